The quantitative estimate of drug-likeness (QED) is 0.661. The molecule has 0 saturated heterocycles. The molecule has 114 valence electrons. The van der Waals surface area contributed by atoms with Crippen molar-refractivity contribution in [3.05, 3.63) is 41.3 Å². The van der Waals surface area contributed by atoms with Gasteiger partial charge in [0.25, 0.3) is 0 Å². The molecule has 0 fully saturated rings. The molecule has 7 nitrogen and oxygen atoms in total. The minimum Gasteiger partial charge on any atom is -0.609 e. The molecule has 0 aliphatic carbocycles. The molecule has 8 heteroatoms. The minimum atomic E-state index is -1.19. The average molecular weight is 318 g/mol. The summed E-state index contributed by atoms with van der Waals surface area (Å²) in [4.78, 5) is 25.6. The van der Waals surface area contributed by atoms with Gasteiger partial charge in [0.05, 0.1) is 5.69 Å². The van der Waals surface area contributed by atoms with E-state index in [4.69, 9.17) is 5.11 Å². The maximum atomic E-state index is 11.4. The fourth-order valence-electron chi connectivity index (χ4n) is 2.35. The molecule has 1 aliphatic rings. The van der Waals surface area contributed by atoms with Crippen molar-refractivity contribution in [2.24, 2.45) is 0 Å². The van der Waals surface area contributed by atoms with E-state index in [9.17, 15) is 9.35 Å². The Kier molecular flexibility index (Phi) is 3.95. The highest BCUT2D eigenvalue weighted by atomic mass is 32.2. The number of carboxylic acids is 1. The van der Waals surface area contributed by atoms with Crippen LogP contribution in [0.15, 0.2) is 29.6 Å². The van der Waals surface area contributed by atoms with Crippen LogP contribution in [0.25, 0.3) is 0 Å². The van der Waals surface area contributed by atoms with Crippen molar-refractivity contribution in [3.8, 4) is 0 Å². The van der Waals surface area contributed by atoms with Gasteiger partial charge in [-0.15, -0.1) is 0 Å². The van der Waals surface area contributed by atoms with Crippen LogP contribution in [-0.4, -0.2) is 43.4 Å². The Bertz CT molecular complexity index is 723. The maximum Gasteiger partial charge on any atom is 0.354 e. The summed E-state index contributed by atoms with van der Waals surface area (Å²) in [5, 5.41) is 9.36. The summed E-state index contributed by atoms with van der Waals surface area (Å²) in [5.41, 5.74) is 1.87. The third-order valence-corrected chi connectivity index (χ3v) is 4.16. The van der Waals surface area contributed by atoms with E-state index in [-0.39, 0.29) is 5.69 Å². The molecule has 2 aromatic rings. The third kappa shape index (κ3) is 2.88. The van der Waals surface area contributed by atoms with E-state index < -0.39 is 17.1 Å². The summed E-state index contributed by atoms with van der Waals surface area (Å²) in [5.74, 6) is -0.425. The number of hydrogen-bond donors (Lipinski definition) is 1. The summed E-state index contributed by atoms with van der Waals surface area (Å²) in [6, 6.07) is 4.94. The van der Waals surface area contributed by atoms with Crippen molar-refractivity contribution < 1.29 is 14.5 Å². The number of carbonyl (C=O) groups is 1. The average Bonchev–Trinajstić information content (AvgIpc) is 2.53. The zero-order valence-corrected chi connectivity index (χ0v) is 12.7. The van der Waals surface area contributed by atoms with Crippen molar-refractivity contribution in [3.63, 3.8) is 0 Å². The van der Waals surface area contributed by atoms with E-state index in [1.807, 2.05) is 4.90 Å². The lowest BCUT2D eigenvalue weighted by molar-refractivity contribution is 0.0690. The first-order valence-corrected chi connectivity index (χ1v) is 8.24. The first-order valence-electron chi connectivity index (χ1n) is 6.68. The van der Waals surface area contributed by atoms with Gasteiger partial charge in [-0.2, -0.15) is 9.97 Å². The second-order valence-corrected chi connectivity index (χ2v) is 6.21. The minimum absolute atomic E-state index is 0.0243. The van der Waals surface area contributed by atoms with Crippen LogP contribution in [-0.2, 0) is 24.1 Å². The molecule has 0 aromatic carbocycles. The Morgan fingerprint density at radius 1 is 1.41 bits per heavy atom. The van der Waals surface area contributed by atoms with Gasteiger partial charge in [-0.05, 0) is 12.1 Å². The fraction of sp³-hybridized carbons (Fsp3) is 0.286. The zero-order valence-electron chi connectivity index (χ0n) is 11.9. The lowest BCUT2D eigenvalue weighted by atomic mass is 10.1. The van der Waals surface area contributed by atoms with Gasteiger partial charge in [0, 0.05) is 42.4 Å². The number of fused-ring (bicyclic) bond motifs is 1. The molecule has 1 unspecified atom stereocenters. The van der Waals surface area contributed by atoms with Crippen LogP contribution < -0.4 is 4.90 Å². The normalized spacial score (nSPS) is 15.3. The number of anilines is 1. The Morgan fingerprint density at radius 2 is 2.23 bits per heavy atom. The summed E-state index contributed by atoms with van der Waals surface area (Å²) >= 11 is -1.19. The molecule has 0 spiro atoms. The summed E-state index contributed by atoms with van der Waals surface area (Å²) in [7, 11) is 0. The fourth-order valence-corrected chi connectivity index (χ4v) is 2.79. The van der Waals surface area contributed by atoms with Crippen LogP contribution in [0.4, 0.5) is 5.82 Å². The largest absolute Gasteiger partial charge is 0.609 e. The lowest BCUT2D eigenvalue weighted by Crippen LogP contribution is -2.32. The highest BCUT2D eigenvalue weighted by Gasteiger charge is 2.22. The zero-order chi connectivity index (χ0) is 15.7. The van der Waals surface area contributed by atoms with Gasteiger partial charge in [-0.1, -0.05) is 6.07 Å². The van der Waals surface area contributed by atoms with Gasteiger partial charge in [0.15, 0.2) is 5.69 Å². The SMILES string of the molecule is C[S+]([O-])c1ncc2c(n1)CCN(c1cccc(C(=O)O)n1)C2. The van der Waals surface area contributed by atoms with E-state index in [2.05, 4.69) is 15.0 Å². The van der Waals surface area contributed by atoms with Crippen LogP contribution in [0.1, 0.15) is 21.7 Å². The van der Waals surface area contributed by atoms with Crippen LogP contribution in [0.3, 0.4) is 0 Å². The number of nitrogens with zero attached hydrogens (tertiary/aromatic N) is 4. The van der Waals surface area contributed by atoms with E-state index in [0.717, 1.165) is 11.3 Å². The van der Waals surface area contributed by atoms with E-state index in [1.54, 1.807) is 24.6 Å². The van der Waals surface area contributed by atoms with Crippen molar-refractivity contribution >= 4 is 23.0 Å². The van der Waals surface area contributed by atoms with E-state index in [0.29, 0.717) is 30.5 Å². The molecule has 1 aliphatic heterocycles. The van der Waals surface area contributed by atoms with Gasteiger partial charge in [-0.3, -0.25) is 0 Å². The van der Waals surface area contributed by atoms with Crippen molar-refractivity contribution in [1.82, 2.24) is 15.0 Å². The van der Waals surface area contributed by atoms with E-state index in [1.165, 1.54) is 6.07 Å². The van der Waals surface area contributed by atoms with Gasteiger partial charge in [0.1, 0.15) is 12.1 Å². The molecule has 0 amide bonds. The molecular formula is C14H14N4O3S. The molecule has 3 rings (SSSR count). The molecule has 2 aromatic heterocycles. The highest BCUT2D eigenvalue weighted by molar-refractivity contribution is 7.90. The first kappa shape index (κ1) is 14.7. The van der Waals surface area contributed by atoms with Gasteiger partial charge in [0.2, 0.25) is 0 Å². The summed E-state index contributed by atoms with van der Waals surface area (Å²) in [6.07, 6.45) is 3.92. The third-order valence-electron chi connectivity index (χ3n) is 3.45. The number of carboxylic acid groups (broad SMARTS) is 1. The molecule has 1 N–H and O–H groups in total. The van der Waals surface area contributed by atoms with Gasteiger partial charge in [-0.25, -0.2) is 9.78 Å². The van der Waals surface area contributed by atoms with Crippen molar-refractivity contribution in [2.75, 3.05) is 17.7 Å². The molecule has 3 heterocycles. The Hall–Kier alpha value is -2.19. The van der Waals surface area contributed by atoms with Crippen LogP contribution in [0.5, 0.6) is 0 Å². The van der Waals surface area contributed by atoms with Crippen molar-refractivity contribution in [1.29, 1.82) is 0 Å². The molecule has 1 atom stereocenters. The monoisotopic (exact) mass is 318 g/mol. The van der Waals surface area contributed by atoms with E-state index >= 15 is 0 Å². The van der Waals surface area contributed by atoms with Crippen molar-refractivity contribution in [2.45, 2.75) is 18.1 Å². The first-order chi connectivity index (χ1) is 10.5. The Labute approximate surface area is 130 Å². The standard InChI is InChI=1S/C14H14N4O3S/c1-22(21)14-15-7-9-8-18(6-5-10(9)17-14)12-4-2-3-11(16-12)13(19)20/h2-4,7H,5-6,8H2,1H3,(H,19,20). The molecular weight excluding hydrogens is 304 g/mol. The summed E-state index contributed by atoms with van der Waals surface area (Å²) in [6.45, 7) is 1.23. The lowest BCUT2D eigenvalue weighted by Gasteiger charge is -2.29. The number of rotatable bonds is 3. The Morgan fingerprint density at radius 3 is 2.95 bits per heavy atom. The second kappa shape index (κ2) is 5.90. The number of aromatic nitrogens is 3. The molecule has 0 bridgehead atoms. The van der Waals surface area contributed by atoms with Crippen LogP contribution in [0, 0.1) is 0 Å². The highest BCUT2D eigenvalue weighted by Crippen LogP contribution is 2.22. The number of pyridine rings is 1. The molecule has 0 radical (unpaired) electrons. The number of hydrogen-bond acceptors (Lipinski definition) is 6. The van der Waals surface area contributed by atoms with Crippen LogP contribution >= 0.6 is 0 Å². The smallest absolute Gasteiger partial charge is 0.354 e. The van der Waals surface area contributed by atoms with Crippen LogP contribution in [0.2, 0.25) is 0 Å². The topological polar surface area (TPSA) is 102 Å². The number of aromatic carboxylic acids is 1. The maximum absolute atomic E-state index is 11.4. The van der Waals surface area contributed by atoms with Gasteiger partial charge >= 0.3 is 11.1 Å². The predicted octanol–water partition coefficient (Wildman–Crippen LogP) is 0.870. The summed E-state index contributed by atoms with van der Waals surface area (Å²) < 4.78 is 11.4. The molecule has 22 heavy (non-hydrogen) atoms. The second-order valence-electron chi connectivity index (χ2n) is 4.94. The van der Waals surface area contributed by atoms with Gasteiger partial charge < -0.3 is 14.6 Å². The predicted molar refractivity (Wildman–Crippen MR) is 80.3 cm³/mol. The molecule has 0 saturated carbocycles. The Balaban J connectivity index is 1.85.